The zero-order chi connectivity index (χ0) is 24.7. The quantitative estimate of drug-likeness (QED) is 0.377. The molecule has 9 heteroatoms. The normalized spacial score (nSPS) is 10.8. The van der Waals surface area contributed by atoms with Crippen molar-refractivity contribution in [1.82, 2.24) is 15.1 Å². The molecule has 0 atom stereocenters. The molecule has 8 nitrogen and oxygen atoms in total. The largest absolute Gasteiger partial charge is 0.452 e. The van der Waals surface area contributed by atoms with Crippen molar-refractivity contribution in [2.75, 3.05) is 19.0 Å². The van der Waals surface area contributed by atoms with E-state index in [1.807, 2.05) is 42.8 Å². The van der Waals surface area contributed by atoms with Gasteiger partial charge >= 0.3 is 5.97 Å². The van der Waals surface area contributed by atoms with E-state index in [0.29, 0.717) is 22.8 Å². The number of nitrogens with zero attached hydrogens (tertiary/aromatic N) is 2. The first-order valence-corrected chi connectivity index (χ1v) is 10.9. The van der Waals surface area contributed by atoms with Crippen LogP contribution in [0.4, 0.5) is 5.69 Å². The Morgan fingerprint density at radius 3 is 2.62 bits per heavy atom. The lowest BCUT2D eigenvalue weighted by atomic mass is 10.1. The minimum absolute atomic E-state index is 0.270. The maximum absolute atomic E-state index is 12.1. The molecule has 0 aliphatic rings. The fourth-order valence-electron chi connectivity index (χ4n) is 3.31. The lowest BCUT2D eigenvalue weighted by Crippen LogP contribution is -2.21. The van der Waals surface area contributed by atoms with Crippen molar-refractivity contribution in [3.63, 3.8) is 0 Å². The number of ether oxygens (including phenoxy) is 1. The Hall–Kier alpha value is -3.91. The summed E-state index contributed by atoms with van der Waals surface area (Å²) in [5.74, 6) is -1.45. The lowest BCUT2D eigenvalue weighted by Gasteiger charge is -2.07. The number of aromatic nitrogens is 2. The Morgan fingerprint density at radius 1 is 1.12 bits per heavy atom. The highest BCUT2D eigenvalue weighted by atomic mass is 35.5. The van der Waals surface area contributed by atoms with E-state index in [0.717, 1.165) is 22.5 Å². The number of halogens is 1. The molecular formula is C25H25ClN4O4. The highest BCUT2D eigenvalue weighted by Crippen LogP contribution is 2.20. The Bertz CT molecular complexity index is 1250. The molecule has 3 rings (SSSR count). The van der Waals surface area contributed by atoms with Gasteiger partial charge in [-0.2, -0.15) is 5.10 Å². The molecule has 2 aromatic carbocycles. The van der Waals surface area contributed by atoms with Gasteiger partial charge in [0.25, 0.3) is 11.8 Å². The van der Waals surface area contributed by atoms with Gasteiger partial charge in [-0.25, -0.2) is 4.79 Å². The number of hydrogen-bond acceptors (Lipinski definition) is 5. The summed E-state index contributed by atoms with van der Waals surface area (Å²) in [5, 5.41) is 10.3. The van der Waals surface area contributed by atoms with E-state index in [9.17, 15) is 14.4 Å². The number of benzene rings is 2. The molecule has 0 fully saturated rings. The van der Waals surface area contributed by atoms with Crippen LogP contribution in [0.15, 0.2) is 54.6 Å². The molecule has 0 unspecified atom stereocenters. The van der Waals surface area contributed by atoms with Gasteiger partial charge in [0.05, 0.1) is 12.2 Å². The fraction of sp³-hybridized carbons (Fsp3) is 0.200. The van der Waals surface area contributed by atoms with Crippen LogP contribution in [0, 0.1) is 13.8 Å². The van der Waals surface area contributed by atoms with E-state index >= 15 is 0 Å². The van der Waals surface area contributed by atoms with Crippen molar-refractivity contribution >= 4 is 41.1 Å². The van der Waals surface area contributed by atoms with E-state index in [4.69, 9.17) is 16.3 Å². The average Bonchev–Trinajstić information content (AvgIpc) is 3.09. The Kier molecular flexibility index (Phi) is 8.21. The van der Waals surface area contributed by atoms with E-state index in [1.165, 1.54) is 19.2 Å². The first-order chi connectivity index (χ1) is 16.3. The van der Waals surface area contributed by atoms with E-state index in [2.05, 4.69) is 15.7 Å². The number of aryl methyl sites for hydroxylation is 1. The van der Waals surface area contributed by atoms with Crippen LogP contribution >= 0.6 is 11.6 Å². The number of carbonyl (C=O) groups is 3. The van der Waals surface area contributed by atoms with Crippen molar-refractivity contribution in [2.45, 2.75) is 20.4 Å². The molecule has 176 valence electrons. The third kappa shape index (κ3) is 6.32. The zero-order valence-electron chi connectivity index (χ0n) is 19.1. The van der Waals surface area contributed by atoms with Gasteiger partial charge in [-0.15, -0.1) is 0 Å². The predicted molar refractivity (Wildman–Crippen MR) is 131 cm³/mol. The molecule has 2 amide bonds. The highest BCUT2D eigenvalue weighted by molar-refractivity contribution is 6.31. The summed E-state index contributed by atoms with van der Waals surface area (Å²) >= 11 is 6.25. The number of rotatable bonds is 8. The van der Waals surface area contributed by atoms with Crippen LogP contribution in [0.5, 0.6) is 0 Å². The summed E-state index contributed by atoms with van der Waals surface area (Å²) in [7, 11) is 1.52. The monoisotopic (exact) mass is 480 g/mol. The molecule has 0 saturated carbocycles. The number of hydrogen-bond donors (Lipinski definition) is 2. The van der Waals surface area contributed by atoms with Gasteiger partial charge in [-0.1, -0.05) is 35.9 Å². The van der Waals surface area contributed by atoms with Crippen LogP contribution in [-0.4, -0.2) is 41.2 Å². The maximum atomic E-state index is 12.1. The maximum Gasteiger partial charge on any atom is 0.331 e. The molecule has 0 spiro atoms. The number of nitrogens with one attached hydrogen (secondary N) is 2. The van der Waals surface area contributed by atoms with Crippen molar-refractivity contribution in [3.05, 3.63) is 87.7 Å². The second-order valence-electron chi connectivity index (χ2n) is 7.48. The molecule has 1 aromatic heterocycles. The van der Waals surface area contributed by atoms with E-state index in [1.54, 1.807) is 24.3 Å². The molecule has 0 saturated heterocycles. The van der Waals surface area contributed by atoms with Crippen molar-refractivity contribution in [1.29, 1.82) is 0 Å². The van der Waals surface area contributed by atoms with E-state index < -0.39 is 18.5 Å². The molecule has 0 bridgehead atoms. The average molecular weight is 481 g/mol. The molecule has 2 N–H and O–H groups in total. The lowest BCUT2D eigenvalue weighted by molar-refractivity contribution is -0.142. The molecule has 1 heterocycles. The molecule has 0 radical (unpaired) electrons. The van der Waals surface area contributed by atoms with Crippen LogP contribution in [0.25, 0.3) is 6.08 Å². The van der Waals surface area contributed by atoms with Gasteiger partial charge in [0.1, 0.15) is 0 Å². The molecule has 0 aliphatic heterocycles. The molecule has 34 heavy (non-hydrogen) atoms. The zero-order valence-corrected chi connectivity index (χ0v) is 19.8. The summed E-state index contributed by atoms with van der Waals surface area (Å²) in [6.45, 7) is 3.80. The third-order valence-electron chi connectivity index (χ3n) is 5.08. The topological polar surface area (TPSA) is 102 Å². The number of anilines is 1. The third-order valence-corrected chi connectivity index (χ3v) is 5.45. The smallest absolute Gasteiger partial charge is 0.331 e. The van der Waals surface area contributed by atoms with Gasteiger partial charge in [0.2, 0.25) is 0 Å². The SMILES string of the molecule is CNC(=O)c1cccc(NC(=O)COC(=O)/C=C/c2c(C)nn(Cc3ccccc3Cl)c2C)c1. The Balaban J connectivity index is 1.57. The number of amides is 2. The van der Waals surface area contributed by atoms with Crippen LogP contribution in [0.3, 0.4) is 0 Å². The molecular weight excluding hydrogens is 456 g/mol. The highest BCUT2D eigenvalue weighted by Gasteiger charge is 2.12. The second kappa shape index (κ2) is 11.3. The van der Waals surface area contributed by atoms with Gasteiger partial charge in [0, 0.05) is 40.7 Å². The fourth-order valence-corrected chi connectivity index (χ4v) is 3.51. The molecule has 3 aromatic rings. The van der Waals surface area contributed by atoms with Crippen LogP contribution in [0.1, 0.15) is 32.9 Å². The van der Waals surface area contributed by atoms with Crippen molar-refractivity contribution in [3.8, 4) is 0 Å². The summed E-state index contributed by atoms with van der Waals surface area (Å²) in [6.07, 6.45) is 2.88. The van der Waals surface area contributed by atoms with Crippen molar-refractivity contribution < 1.29 is 19.1 Å². The van der Waals surface area contributed by atoms with Crippen LogP contribution < -0.4 is 10.6 Å². The molecule has 0 aliphatic carbocycles. The summed E-state index contributed by atoms with van der Waals surface area (Å²) in [5.41, 5.74) is 4.18. The summed E-state index contributed by atoms with van der Waals surface area (Å²) in [4.78, 5) is 35.9. The summed E-state index contributed by atoms with van der Waals surface area (Å²) in [6, 6.07) is 14.0. The van der Waals surface area contributed by atoms with Crippen LogP contribution in [-0.2, 0) is 20.9 Å². The number of esters is 1. The summed E-state index contributed by atoms with van der Waals surface area (Å²) < 4.78 is 6.85. The van der Waals surface area contributed by atoms with Crippen LogP contribution in [0.2, 0.25) is 5.02 Å². The number of carbonyl (C=O) groups excluding carboxylic acids is 3. The van der Waals surface area contributed by atoms with Gasteiger partial charge in [-0.3, -0.25) is 14.3 Å². The second-order valence-corrected chi connectivity index (χ2v) is 7.89. The first kappa shape index (κ1) is 24.7. The minimum Gasteiger partial charge on any atom is -0.452 e. The Morgan fingerprint density at radius 2 is 1.88 bits per heavy atom. The first-order valence-electron chi connectivity index (χ1n) is 10.5. The van der Waals surface area contributed by atoms with Gasteiger partial charge in [0.15, 0.2) is 6.61 Å². The minimum atomic E-state index is -0.660. The van der Waals surface area contributed by atoms with Gasteiger partial charge < -0.3 is 15.4 Å². The van der Waals surface area contributed by atoms with E-state index in [-0.39, 0.29) is 5.91 Å². The standard InChI is InChI=1S/C25H25ClN4O4/c1-16-21(17(2)30(29-16)14-19-7-4-5-10-22(19)26)11-12-24(32)34-15-23(31)28-20-9-6-8-18(13-20)25(33)27-3/h4-13H,14-15H2,1-3H3,(H,27,33)(H,28,31)/b12-11+. The Labute approximate surface area is 202 Å². The van der Waals surface area contributed by atoms with Gasteiger partial charge in [-0.05, 0) is 49.8 Å². The van der Waals surface area contributed by atoms with Crippen molar-refractivity contribution in [2.24, 2.45) is 0 Å². The predicted octanol–water partition coefficient (Wildman–Crippen LogP) is 3.76.